The van der Waals surface area contributed by atoms with Gasteiger partial charge in [0.15, 0.2) is 0 Å². The third-order valence-corrected chi connectivity index (χ3v) is 2.92. The van der Waals surface area contributed by atoms with Crippen molar-refractivity contribution in [3.8, 4) is 0 Å². The minimum atomic E-state index is -0.0842. The molecule has 0 unspecified atom stereocenters. The van der Waals surface area contributed by atoms with Gasteiger partial charge in [-0.1, -0.05) is 23.7 Å². The Bertz CT molecular complexity index is 337. The summed E-state index contributed by atoms with van der Waals surface area (Å²) in [6, 6.07) is 7.45. The zero-order valence-corrected chi connectivity index (χ0v) is 10.2. The van der Waals surface area contributed by atoms with E-state index < -0.39 is 0 Å². The molecule has 15 heavy (non-hydrogen) atoms. The standard InChI is InChI=1S/C11H13Cl2NO/c1-8(14(2)11(15)7-12)9-3-5-10(13)6-4-9/h3-6,8H,7H2,1-2H3/t8-/m0/s1. The van der Waals surface area contributed by atoms with Crippen LogP contribution in [-0.2, 0) is 4.79 Å². The van der Waals surface area contributed by atoms with Crippen molar-refractivity contribution >= 4 is 29.1 Å². The Balaban J connectivity index is 2.80. The zero-order chi connectivity index (χ0) is 11.4. The van der Waals surface area contributed by atoms with Crippen LogP contribution in [0, 0.1) is 0 Å². The van der Waals surface area contributed by atoms with E-state index in [0.29, 0.717) is 5.02 Å². The summed E-state index contributed by atoms with van der Waals surface area (Å²) in [4.78, 5) is 13.0. The fraction of sp³-hybridized carbons (Fsp3) is 0.364. The van der Waals surface area contributed by atoms with Gasteiger partial charge < -0.3 is 4.90 Å². The van der Waals surface area contributed by atoms with Crippen LogP contribution >= 0.6 is 23.2 Å². The smallest absolute Gasteiger partial charge is 0.237 e. The van der Waals surface area contributed by atoms with Gasteiger partial charge in [0.25, 0.3) is 0 Å². The summed E-state index contributed by atoms with van der Waals surface area (Å²) in [5, 5.41) is 0.692. The Morgan fingerprint density at radius 1 is 1.40 bits per heavy atom. The van der Waals surface area contributed by atoms with E-state index in [-0.39, 0.29) is 17.8 Å². The first kappa shape index (κ1) is 12.3. The van der Waals surface area contributed by atoms with Crippen molar-refractivity contribution in [1.29, 1.82) is 0 Å². The molecule has 4 heteroatoms. The monoisotopic (exact) mass is 245 g/mol. The second kappa shape index (κ2) is 5.38. The summed E-state index contributed by atoms with van der Waals surface area (Å²) >= 11 is 11.3. The lowest BCUT2D eigenvalue weighted by atomic mass is 10.1. The van der Waals surface area contributed by atoms with Gasteiger partial charge in [-0.05, 0) is 24.6 Å². The SMILES string of the molecule is C[C@@H](c1ccc(Cl)cc1)N(C)C(=O)CCl. The molecular formula is C11H13Cl2NO. The zero-order valence-electron chi connectivity index (χ0n) is 8.71. The van der Waals surface area contributed by atoms with Crippen molar-refractivity contribution in [2.45, 2.75) is 13.0 Å². The van der Waals surface area contributed by atoms with E-state index in [2.05, 4.69) is 0 Å². The van der Waals surface area contributed by atoms with Crippen LogP contribution in [0.4, 0.5) is 0 Å². The molecule has 0 aliphatic rings. The van der Waals surface area contributed by atoms with Crippen LogP contribution in [0.15, 0.2) is 24.3 Å². The maximum Gasteiger partial charge on any atom is 0.237 e. The first-order valence-electron chi connectivity index (χ1n) is 4.63. The summed E-state index contributed by atoms with van der Waals surface area (Å²) in [6.45, 7) is 1.95. The summed E-state index contributed by atoms with van der Waals surface area (Å²) in [6.07, 6.45) is 0. The van der Waals surface area contributed by atoms with Crippen molar-refractivity contribution < 1.29 is 4.79 Å². The molecule has 0 fully saturated rings. The maximum atomic E-state index is 11.4. The lowest BCUT2D eigenvalue weighted by Gasteiger charge is -2.24. The van der Waals surface area contributed by atoms with Crippen molar-refractivity contribution in [2.24, 2.45) is 0 Å². The maximum absolute atomic E-state index is 11.4. The third-order valence-electron chi connectivity index (χ3n) is 2.44. The minimum Gasteiger partial charge on any atom is -0.338 e. The molecular weight excluding hydrogens is 233 g/mol. The number of amides is 1. The minimum absolute atomic E-state index is 0.00789. The molecule has 0 saturated carbocycles. The average Bonchev–Trinajstić information content (AvgIpc) is 2.27. The van der Waals surface area contributed by atoms with Crippen molar-refractivity contribution in [3.05, 3.63) is 34.9 Å². The van der Waals surface area contributed by atoms with Gasteiger partial charge in [0, 0.05) is 12.1 Å². The molecule has 1 atom stereocenters. The van der Waals surface area contributed by atoms with E-state index in [4.69, 9.17) is 23.2 Å². The summed E-state index contributed by atoms with van der Waals surface area (Å²) in [5.41, 5.74) is 1.04. The molecule has 1 rings (SSSR count). The number of hydrogen-bond donors (Lipinski definition) is 0. The van der Waals surface area contributed by atoms with Crippen molar-refractivity contribution in [2.75, 3.05) is 12.9 Å². The van der Waals surface area contributed by atoms with Gasteiger partial charge in [-0.15, -0.1) is 11.6 Å². The Labute approximate surface area is 99.8 Å². The fourth-order valence-corrected chi connectivity index (χ4v) is 1.59. The van der Waals surface area contributed by atoms with Gasteiger partial charge in [-0.25, -0.2) is 0 Å². The van der Waals surface area contributed by atoms with Crippen LogP contribution in [0.2, 0.25) is 5.02 Å². The predicted octanol–water partition coefficient (Wildman–Crippen LogP) is 3.10. The molecule has 0 N–H and O–H groups in total. The van der Waals surface area contributed by atoms with Crippen molar-refractivity contribution in [1.82, 2.24) is 4.90 Å². The topological polar surface area (TPSA) is 20.3 Å². The van der Waals surface area contributed by atoms with Crippen LogP contribution in [0.3, 0.4) is 0 Å². The van der Waals surface area contributed by atoms with E-state index in [1.165, 1.54) is 0 Å². The number of carbonyl (C=O) groups is 1. The molecule has 0 spiro atoms. The fourth-order valence-electron chi connectivity index (χ4n) is 1.28. The lowest BCUT2D eigenvalue weighted by molar-refractivity contribution is -0.129. The first-order valence-corrected chi connectivity index (χ1v) is 5.54. The molecule has 0 aliphatic carbocycles. The number of benzene rings is 1. The number of hydrogen-bond acceptors (Lipinski definition) is 1. The van der Waals surface area contributed by atoms with Crippen LogP contribution in [0.1, 0.15) is 18.5 Å². The highest BCUT2D eigenvalue weighted by Crippen LogP contribution is 2.20. The van der Waals surface area contributed by atoms with Crippen LogP contribution in [0.5, 0.6) is 0 Å². The molecule has 1 aromatic rings. The van der Waals surface area contributed by atoms with Crippen molar-refractivity contribution in [3.63, 3.8) is 0 Å². The molecule has 1 aromatic carbocycles. The normalized spacial score (nSPS) is 12.3. The van der Waals surface area contributed by atoms with E-state index in [0.717, 1.165) is 5.56 Å². The van der Waals surface area contributed by atoms with E-state index >= 15 is 0 Å². The Hall–Kier alpha value is -0.730. The molecule has 0 bridgehead atoms. The molecule has 0 heterocycles. The summed E-state index contributed by atoms with van der Waals surface area (Å²) < 4.78 is 0. The van der Waals surface area contributed by atoms with Gasteiger partial charge in [-0.2, -0.15) is 0 Å². The lowest BCUT2D eigenvalue weighted by Crippen LogP contribution is -2.30. The molecule has 0 saturated heterocycles. The number of nitrogens with zero attached hydrogens (tertiary/aromatic N) is 1. The van der Waals surface area contributed by atoms with E-state index in [1.807, 2.05) is 31.2 Å². The second-order valence-corrected chi connectivity index (χ2v) is 4.07. The number of alkyl halides is 1. The van der Waals surface area contributed by atoms with Gasteiger partial charge in [0.05, 0.1) is 6.04 Å². The average molecular weight is 246 g/mol. The molecule has 2 nitrogen and oxygen atoms in total. The summed E-state index contributed by atoms with van der Waals surface area (Å²) in [7, 11) is 1.74. The third kappa shape index (κ3) is 3.11. The van der Waals surface area contributed by atoms with Gasteiger partial charge >= 0.3 is 0 Å². The molecule has 0 aliphatic heterocycles. The number of halogens is 2. The second-order valence-electron chi connectivity index (χ2n) is 3.37. The Kier molecular flexibility index (Phi) is 4.43. The highest BCUT2D eigenvalue weighted by atomic mass is 35.5. The Morgan fingerprint density at radius 3 is 2.40 bits per heavy atom. The number of rotatable bonds is 3. The van der Waals surface area contributed by atoms with Gasteiger partial charge in [0.2, 0.25) is 5.91 Å². The molecule has 0 aromatic heterocycles. The molecule has 1 amide bonds. The van der Waals surface area contributed by atoms with E-state index in [9.17, 15) is 4.79 Å². The molecule has 82 valence electrons. The van der Waals surface area contributed by atoms with E-state index in [1.54, 1.807) is 11.9 Å². The predicted molar refractivity (Wildman–Crippen MR) is 63.4 cm³/mol. The Morgan fingerprint density at radius 2 is 1.93 bits per heavy atom. The van der Waals surface area contributed by atoms with Gasteiger partial charge in [0.1, 0.15) is 5.88 Å². The highest BCUT2D eigenvalue weighted by Gasteiger charge is 2.15. The largest absolute Gasteiger partial charge is 0.338 e. The first-order chi connectivity index (χ1) is 7.06. The van der Waals surface area contributed by atoms with Crippen LogP contribution < -0.4 is 0 Å². The number of carbonyl (C=O) groups excluding carboxylic acids is 1. The van der Waals surface area contributed by atoms with Gasteiger partial charge in [-0.3, -0.25) is 4.79 Å². The summed E-state index contributed by atoms with van der Waals surface area (Å²) in [5.74, 6) is -0.0758. The highest BCUT2D eigenvalue weighted by molar-refractivity contribution is 6.30. The van der Waals surface area contributed by atoms with Crippen LogP contribution in [-0.4, -0.2) is 23.7 Å². The molecule has 0 radical (unpaired) electrons. The van der Waals surface area contributed by atoms with Crippen LogP contribution in [0.25, 0.3) is 0 Å². The quantitative estimate of drug-likeness (QED) is 0.750.